The van der Waals surface area contributed by atoms with Gasteiger partial charge in [0.2, 0.25) is 5.82 Å². The maximum absolute atomic E-state index is 12.5. The number of hydrogen-bond acceptors (Lipinski definition) is 2. The van der Waals surface area contributed by atoms with E-state index in [4.69, 9.17) is 5.11 Å². The molecular formula is C10H9F3N2O. The highest BCUT2D eigenvalue weighted by Gasteiger charge is 2.36. The van der Waals surface area contributed by atoms with E-state index < -0.39 is 12.0 Å². The molecule has 0 atom stereocenters. The van der Waals surface area contributed by atoms with Crippen LogP contribution in [-0.4, -0.2) is 14.7 Å². The molecule has 3 nitrogen and oxygen atoms in total. The van der Waals surface area contributed by atoms with E-state index in [-0.39, 0.29) is 12.1 Å². The Morgan fingerprint density at radius 3 is 2.62 bits per heavy atom. The molecular weight excluding hydrogens is 221 g/mol. The summed E-state index contributed by atoms with van der Waals surface area (Å²) in [6.45, 7) is -0.214. The van der Waals surface area contributed by atoms with Crippen LogP contribution in [0.2, 0.25) is 0 Å². The van der Waals surface area contributed by atoms with E-state index in [0.717, 1.165) is 4.57 Å². The molecule has 6 heteroatoms. The lowest BCUT2D eigenvalue weighted by atomic mass is 10.2. The Kier molecular flexibility index (Phi) is 2.38. The average Bonchev–Trinajstić information content (AvgIpc) is 2.55. The van der Waals surface area contributed by atoms with E-state index in [1.807, 2.05) is 0 Å². The quantitative estimate of drug-likeness (QED) is 0.814. The lowest BCUT2D eigenvalue weighted by molar-refractivity contribution is -0.146. The normalized spacial score (nSPS) is 12.3. The van der Waals surface area contributed by atoms with E-state index in [1.54, 1.807) is 6.07 Å². The van der Waals surface area contributed by atoms with Gasteiger partial charge in [-0.1, -0.05) is 6.07 Å². The predicted octanol–water partition coefficient (Wildman–Crippen LogP) is 2.08. The summed E-state index contributed by atoms with van der Waals surface area (Å²) in [4.78, 5) is 3.52. The first kappa shape index (κ1) is 10.9. The minimum absolute atomic E-state index is 0.214. The van der Waals surface area contributed by atoms with Gasteiger partial charge < -0.3 is 9.67 Å². The number of halogens is 3. The van der Waals surface area contributed by atoms with Gasteiger partial charge in [0.15, 0.2) is 0 Å². The third-order valence-corrected chi connectivity index (χ3v) is 2.38. The lowest BCUT2D eigenvalue weighted by Crippen LogP contribution is -2.12. The predicted molar refractivity (Wildman–Crippen MR) is 51.6 cm³/mol. The van der Waals surface area contributed by atoms with Crippen LogP contribution in [0, 0.1) is 0 Å². The number of fused-ring (bicyclic) bond motifs is 1. The van der Waals surface area contributed by atoms with Crippen LogP contribution in [0.25, 0.3) is 11.0 Å². The number of aliphatic hydroxyl groups is 1. The van der Waals surface area contributed by atoms with Crippen LogP contribution in [0.4, 0.5) is 13.2 Å². The Morgan fingerprint density at radius 1 is 1.38 bits per heavy atom. The second-order valence-electron chi connectivity index (χ2n) is 3.47. The van der Waals surface area contributed by atoms with Crippen molar-refractivity contribution < 1.29 is 18.3 Å². The van der Waals surface area contributed by atoms with Crippen molar-refractivity contribution in [3.8, 4) is 0 Å². The van der Waals surface area contributed by atoms with Gasteiger partial charge in [0.1, 0.15) is 0 Å². The van der Waals surface area contributed by atoms with Crippen molar-refractivity contribution in [1.29, 1.82) is 0 Å². The molecule has 2 rings (SSSR count). The van der Waals surface area contributed by atoms with E-state index in [2.05, 4.69) is 4.98 Å². The second-order valence-corrected chi connectivity index (χ2v) is 3.47. The molecule has 1 aromatic carbocycles. The summed E-state index contributed by atoms with van der Waals surface area (Å²) >= 11 is 0. The maximum atomic E-state index is 12.5. The van der Waals surface area contributed by atoms with E-state index in [1.165, 1.54) is 19.2 Å². The topological polar surface area (TPSA) is 38.0 Å². The molecule has 0 radical (unpaired) electrons. The van der Waals surface area contributed by atoms with Gasteiger partial charge in [-0.05, 0) is 17.7 Å². The molecule has 0 aliphatic rings. The summed E-state index contributed by atoms with van der Waals surface area (Å²) in [5, 5.41) is 8.88. The molecule has 0 saturated heterocycles. The van der Waals surface area contributed by atoms with Crippen molar-refractivity contribution in [2.45, 2.75) is 12.8 Å². The fourth-order valence-corrected chi connectivity index (χ4v) is 1.60. The number of aliphatic hydroxyl groups excluding tert-OH is 1. The monoisotopic (exact) mass is 230 g/mol. The number of imidazole rings is 1. The van der Waals surface area contributed by atoms with Gasteiger partial charge in [-0.15, -0.1) is 0 Å². The molecule has 0 unspecified atom stereocenters. The zero-order valence-corrected chi connectivity index (χ0v) is 8.41. The Bertz CT molecular complexity index is 531. The van der Waals surface area contributed by atoms with Crippen LogP contribution in [0.15, 0.2) is 18.2 Å². The Morgan fingerprint density at radius 2 is 2.06 bits per heavy atom. The smallest absolute Gasteiger partial charge is 0.392 e. The van der Waals surface area contributed by atoms with Gasteiger partial charge in [0.05, 0.1) is 17.6 Å². The highest BCUT2D eigenvalue weighted by Crippen LogP contribution is 2.30. The van der Waals surface area contributed by atoms with Crippen LogP contribution < -0.4 is 0 Å². The summed E-state index contributed by atoms with van der Waals surface area (Å²) in [5.41, 5.74) is 1.17. The van der Waals surface area contributed by atoms with Gasteiger partial charge >= 0.3 is 6.18 Å². The number of hydrogen-bond donors (Lipinski definition) is 1. The molecule has 1 heterocycles. The Balaban J connectivity index is 2.68. The molecule has 0 bridgehead atoms. The second kappa shape index (κ2) is 3.48. The third kappa shape index (κ3) is 1.65. The van der Waals surface area contributed by atoms with Crippen molar-refractivity contribution in [1.82, 2.24) is 9.55 Å². The van der Waals surface area contributed by atoms with Crippen molar-refractivity contribution in [2.24, 2.45) is 7.05 Å². The van der Waals surface area contributed by atoms with Crippen molar-refractivity contribution in [3.05, 3.63) is 29.6 Å². The van der Waals surface area contributed by atoms with Crippen molar-refractivity contribution >= 4 is 11.0 Å². The summed E-state index contributed by atoms with van der Waals surface area (Å²) < 4.78 is 38.6. The largest absolute Gasteiger partial charge is 0.449 e. The Labute approximate surface area is 89.1 Å². The third-order valence-electron chi connectivity index (χ3n) is 2.38. The van der Waals surface area contributed by atoms with E-state index in [9.17, 15) is 13.2 Å². The molecule has 0 saturated carbocycles. The van der Waals surface area contributed by atoms with Gasteiger partial charge in [-0.2, -0.15) is 13.2 Å². The van der Waals surface area contributed by atoms with Gasteiger partial charge in [-0.3, -0.25) is 0 Å². The number of nitrogens with zero attached hydrogens (tertiary/aromatic N) is 2. The van der Waals surface area contributed by atoms with Crippen LogP contribution in [-0.2, 0) is 19.8 Å². The highest BCUT2D eigenvalue weighted by molar-refractivity contribution is 5.76. The molecule has 1 N–H and O–H groups in total. The summed E-state index contributed by atoms with van der Waals surface area (Å²) in [6.07, 6.45) is -4.47. The number of alkyl halides is 3. The molecule has 0 spiro atoms. The summed E-state index contributed by atoms with van der Waals surface area (Å²) in [6, 6.07) is 4.54. The number of aryl methyl sites for hydroxylation is 1. The number of aromatic nitrogens is 2. The first-order valence-electron chi connectivity index (χ1n) is 4.57. The maximum Gasteiger partial charge on any atom is 0.449 e. The molecule has 1 aromatic heterocycles. The van der Waals surface area contributed by atoms with E-state index >= 15 is 0 Å². The minimum atomic E-state index is -4.47. The number of benzene rings is 1. The molecule has 2 aromatic rings. The molecule has 0 amide bonds. The van der Waals surface area contributed by atoms with Gasteiger partial charge in [0, 0.05) is 7.05 Å². The highest BCUT2D eigenvalue weighted by atomic mass is 19.4. The average molecular weight is 230 g/mol. The van der Waals surface area contributed by atoms with Crippen LogP contribution >= 0.6 is 0 Å². The summed E-state index contributed by atoms with van der Waals surface area (Å²) in [7, 11) is 1.32. The van der Waals surface area contributed by atoms with Crippen molar-refractivity contribution in [3.63, 3.8) is 0 Å². The minimum Gasteiger partial charge on any atom is -0.392 e. The van der Waals surface area contributed by atoms with E-state index in [0.29, 0.717) is 11.1 Å². The van der Waals surface area contributed by atoms with Crippen molar-refractivity contribution in [2.75, 3.05) is 0 Å². The molecule has 86 valence electrons. The molecule has 0 fully saturated rings. The van der Waals surface area contributed by atoms with Gasteiger partial charge in [-0.25, -0.2) is 4.98 Å². The SMILES string of the molecule is Cn1c(C(F)(F)F)nc2cc(CO)ccc21. The fraction of sp³-hybridized carbons (Fsp3) is 0.300. The molecule has 16 heavy (non-hydrogen) atoms. The zero-order valence-electron chi connectivity index (χ0n) is 8.41. The first-order chi connectivity index (χ1) is 7.43. The molecule has 0 aliphatic heterocycles. The number of rotatable bonds is 1. The fourth-order valence-electron chi connectivity index (χ4n) is 1.60. The Hall–Kier alpha value is -1.56. The zero-order chi connectivity index (χ0) is 11.9. The standard InChI is InChI=1S/C10H9F3N2O/c1-15-8-3-2-6(5-16)4-7(8)14-9(15)10(11,12)13/h2-4,16H,5H2,1H3. The van der Waals surface area contributed by atoms with Gasteiger partial charge in [0.25, 0.3) is 0 Å². The van der Waals surface area contributed by atoms with Crippen LogP contribution in [0.5, 0.6) is 0 Å². The van der Waals surface area contributed by atoms with Crippen LogP contribution in [0.1, 0.15) is 11.4 Å². The first-order valence-corrected chi connectivity index (χ1v) is 4.57. The van der Waals surface area contributed by atoms with Crippen LogP contribution in [0.3, 0.4) is 0 Å². The summed E-state index contributed by atoms with van der Waals surface area (Å²) in [5.74, 6) is -0.933. The lowest BCUT2D eigenvalue weighted by Gasteiger charge is -2.05. The molecule has 0 aliphatic carbocycles.